The summed E-state index contributed by atoms with van der Waals surface area (Å²) in [6.45, 7) is 8.57. The van der Waals surface area contributed by atoms with Gasteiger partial charge < -0.3 is 0 Å². The molecule has 0 saturated carbocycles. The van der Waals surface area contributed by atoms with Crippen LogP contribution in [0.15, 0.2) is 4.47 Å². The largest absolute Gasteiger partial charge is 0.280 e. The van der Waals surface area contributed by atoms with Gasteiger partial charge in [-0.1, -0.05) is 39.0 Å². The van der Waals surface area contributed by atoms with E-state index < -0.39 is 0 Å². The maximum atomic E-state index is 4.63. The van der Waals surface area contributed by atoms with Crippen LogP contribution in [0.25, 0.3) is 15.7 Å². The van der Waals surface area contributed by atoms with E-state index >= 15 is 0 Å². The molecule has 8 heteroatoms. The maximum absolute atomic E-state index is 4.63. The fourth-order valence-corrected chi connectivity index (χ4v) is 3.92. The molecule has 6 nitrogen and oxygen atoms in total. The minimum atomic E-state index is 0.378. The average Bonchev–Trinajstić information content (AvgIpc) is 3.04. The first-order valence-corrected chi connectivity index (χ1v) is 8.53. The van der Waals surface area contributed by atoms with Crippen LogP contribution in [0.3, 0.4) is 0 Å². The van der Waals surface area contributed by atoms with Gasteiger partial charge in [-0.15, -0.1) is 10.2 Å². The van der Waals surface area contributed by atoms with Gasteiger partial charge in [0.25, 0.3) is 0 Å². The van der Waals surface area contributed by atoms with Crippen molar-refractivity contribution in [1.29, 1.82) is 0 Å². The predicted octanol–water partition coefficient (Wildman–Crippen LogP) is 3.66. The molecule has 0 bridgehead atoms. The summed E-state index contributed by atoms with van der Waals surface area (Å²) in [5.41, 5.74) is 1.92. The number of halogens is 1. The van der Waals surface area contributed by atoms with Crippen molar-refractivity contribution < 1.29 is 0 Å². The highest BCUT2D eigenvalue weighted by molar-refractivity contribution is 9.10. The second-order valence-corrected chi connectivity index (χ2v) is 7.52. The Kier molecular flexibility index (Phi) is 3.83. The van der Waals surface area contributed by atoms with Crippen LogP contribution in [-0.2, 0) is 6.42 Å². The van der Waals surface area contributed by atoms with Crippen molar-refractivity contribution in [1.82, 2.24) is 30.0 Å². The molecule has 3 aromatic heterocycles. The Morgan fingerprint density at radius 3 is 2.62 bits per heavy atom. The predicted molar refractivity (Wildman–Crippen MR) is 86.6 cm³/mol. The molecule has 0 aliphatic carbocycles. The zero-order chi connectivity index (χ0) is 15.1. The fourth-order valence-electron chi connectivity index (χ4n) is 2.11. The Bertz CT molecular complexity index is 769. The Morgan fingerprint density at radius 2 is 2.00 bits per heavy atom. The Balaban J connectivity index is 2.03. The average molecular weight is 369 g/mol. The highest BCUT2D eigenvalue weighted by atomic mass is 79.9. The molecule has 3 aromatic rings. The lowest BCUT2D eigenvalue weighted by molar-refractivity contribution is 0.607. The standard InChI is InChI=1S/C13H17BrN6S/c1-6(2)5-8-15-18-13-20(8)19-12(21-13)11-9(14)10(7(3)4)16-17-11/h6-7H,5H2,1-4H3,(H,16,17). The van der Waals surface area contributed by atoms with Crippen LogP contribution >= 0.6 is 27.3 Å². The van der Waals surface area contributed by atoms with E-state index in [0.29, 0.717) is 11.8 Å². The van der Waals surface area contributed by atoms with E-state index in [2.05, 4.69) is 69.1 Å². The summed E-state index contributed by atoms with van der Waals surface area (Å²) >= 11 is 5.12. The van der Waals surface area contributed by atoms with Crippen LogP contribution in [0.1, 0.15) is 45.1 Å². The fraction of sp³-hybridized carbons (Fsp3) is 0.538. The first kappa shape index (κ1) is 14.6. The highest BCUT2D eigenvalue weighted by Crippen LogP contribution is 2.34. The molecule has 0 saturated heterocycles. The third-order valence-electron chi connectivity index (χ3n) is 3.16. The summed E-state index contributed by atoms with van der Waals surface area (Å²) in [6, 6.07) is 0. The maximum Gasteiger partial charge on any atom is 0.235 e. The smallest absolute Gasteiger partial charge is 0.235 e. The van der Waals surface area contributed by atoms with Gasteiger partial charge in [0.15, 0.2) is 10.8 Å². The second kappa shape index (κ2) is 5.49. The Morgan fingerprint density at radius 1 is 1.24 bits per heavy atom. The number of hydrogen-bond acceptors (Lipinski definition) is 5. The first-order valence-electron chi connectivity index (χ1n) is 6.92. The molecule has 1 N–H and O–H groups in total. The summed E-state index contributed by atoms with van der Waals surface area (Å²) in [7, 11) is 0. The summed E-state index contributed by atoms with van der Waals surface area (Å²) in [5, 5.41) is 21.4. The molecule has 0 amide bonds. The molecule has 0 fully saturated rings. The third-order valence-corrected chi connectivity index (χ3v) is 4.87. The van der Waals surface area contributed by atoms with E-state index in [4.69, 9.17) is 0 Å². The number of rotatable bonds is 4. The quantitative estimate of drug-likeness (QED) is 0.762. The minimum Gasteiger partial charge on any atom is -0.280 e. The van der Waals surface area contributed by atoms with Crippen molar-refractivity contribution >= 4 is 32.2 Å². The summed E-state index contributed by atoms with van der Waals surface area (Å²) in [4.78, 5) is 0.807. The van der Waals surface area contributed by atoms with Crippen molar-refractivity contribution in [3.8, 4) is 10.7 Å². The van der Waals surface area contributed by atoms with Crippen molar-refractivity contribution in [2.24, 2.45) is 5.92 Å². The molecular formula is C13H17BrN6S. The van der Waals surface area contributed by atoms with Gasteiger partial charge in [-0.05, 0) is 27.8 Å². The highest BCUT2D eigenvalue weighted by Gasteiger charge is 2.20. The molecule has 0 atom stereocenters. The monoisotopic (exact) mass is 368 g/mol. The van der Waals surface area contributed by atoms with Gasteiger partial charge in [0.05, 0.1) is 10.2 Å². The van der Waals surface area contributed by atoms with Gasteiger partial charge in [0.2, 0.25) is 4.96 Å². The van der Waals surface area contributed by atoms with Crippen LogP contribution in [-0.4, -0.2) is 30.0 Å². The van der Waals surface area contributed by atoms with E-state index in [-0.39, 0.29) is 0 Å². The molecule has 112 valence electrons. The molecule has 0 aromatic carbocycles. The first-order chi connectivity index (χ1) is 9.97. The van der Waals surface area contributed by atoms with Crippen LogP contribution in [0.2, 0.25) is 0 Å². The van der Waals surface area contributed by atoms with Crippen molar-refractivity contribution in [2.75, 3.05) is 0 Å². The lowest BCUT2D eigenvalue weighted by Gasteiger charge is -2.00. The minimum absolute atomic E-state index is 0.378. The van der Waals surface area contributed by atoms with Crippen molar-refractivity contribution in [2.45, 2.75) is 40.0 Å². The van der Waals surface area contributed by atoms with Crippen molar-refractivity contribution in [3.05, 3.63) is 16.0 Å². The number of aromatic amines is 1. The van der Waals surface area contributed by atoms with Gasteiger partial charge in [-0.2, -0.15) is 14.7 Å². The topological polar surface area (TPSA) is 71.8 Å². The molecular weight excluding hydrogens is 352 g/mol. The Hall–Kier alpha value is -1.28. The van der Waals surface area contributed by atoms with Crippen LogP contribution in [0.5, 0.6) is 0 Å². The van der Waals surface area contributed by atoms with E-state index in [1.54, 1.807) is 0 Å². The van der Waals surface area contributed by atoms with Gasteiger partial charge >= 0.3 is 0 Å². The normalized spacial score (nSPS) is 12.1. The molecule has 21 heavy (non-hydrogen) atoms. The number of aromatic nitrogens is 6. The third kappa shape index (κ3) is 2.62. The molecule has 0 spiro atoms. The molecule has 0 unspecified atom stereocenters. The molecule has 0 aliphatic rings. The van der Waals surface area contributed by atoms with E-state index in [1.165, 1.54) is 11.3 Å². The van der Waals surface area contributed by atoms with Gasteiger partial charge in [0.1, 0.15) is 5.69 Å². The van der Waals surface area contributed by atoms with Crippen LogP contribution < -0.4 is 0 Å². The number of fused-ring (bicyclic) bond motifs is 1. The second-order valence-electron chi connectivity index (χ2n) is 5.77. The van der Waals surface area contributed by atoms with Gasteiger partial charge in [0, 0.05) is 6.42 Å². The Labute approximate surface area is 135 Å². The number of nitrogens with one attached hydrogen (secondary N) is 1. The summed E-state index contributed by atoms with van der Waals surface area (Å²) in [5.74, 6) is 1.80. The number of H-pyrrole nitrogens is 1. The molecule has 0 radical (unpaired) electrons. The van der Waals surface area contributed by atoms with Crippen LogP contribution in [0, 0.1) is 5.92 Å². The summed E-state index contributed by atoms with van der Waals surface area (Å²) < 4.78 is 2.81. The SMILES string of the molecule is CC(C)Cc1nnc2sc(-c3n[nH]c(C(C)C)c3Br)nn12. The lowest BCUT2D eigenvalue weighted by Crippen LogP contribution is -2.01. The molecule has 0 aliphatic heterocycles. The number of nitrogens with zero attached hydrogens (tertiary/aromatic N) is 5. The van der Waals surface area contributed by atoms with Crippen LogP contribution in [0.4, 0.5) is 0 Å². The number of hydrogen-bond donors (Lipinski definition) is 1. The lowest BCUT2D eigenvalue weighted by atomic mass is 10.1. The van der Waals surface area contributed by atoms with Crippen molar-refractivity contribution in [3.63, 3.8) is 0 Å². The van der Waals surface area contributed by atoms with E-state index in [0.717, 1.165) is 38.1 Å². The van der Waals surface area contributed by atoms with E-state index in [9.17, 15) is 0 Å². The molecule has 3 rings (SSSR count). The van der Waals surface area contributed by atoms with Gasteiger partial charge in [-0.25, -0.2) is 0 Å². The van der Waals surface area contributed by atoms with E-state index in [1.807, 2.05) is 4.52 Å². The zero-order valence-electron chi connectivity index (χ0n) is 12.4. The van der Waals surface area contributed by atoms with Gasteiger partial charge in [-0.3, -0.25) is 5.10 Å². The zero-order valence-corrected chi connectivity index (χ0v) is 14.8. The molecule has 3 heterocycles. The summed E-state index contributed by atoms with van der Waals surface area (Å²) in [6.07, 6.45) is 0.864.